The minimum absolute atomic E-state index is 0.0461. The van der Waals surface area contributed by atoms with Gasteiger partial charge in [0, 0.05) is 36.7 Å². The lowest BCUT2D eigenvalue weighted by Gasteiger charge is -2.31. The predicted molar refractivity (Wildman–Crippen MR) is 110 cm³/mol. The Bertz CT molecular complexity index is 1010. The number of rotatable bonds is 4. The zero-order chi connectivity index (χ0) is 20.2. The Balaban J connectivity index is 1.42. The van der Waals surface area contributed by atoms with Crippen molar-refractivity contribution in [2.24, 2.45) is 5.92 Å². The quantitative estimate of drug-likeness (QED) is 0.716. The molecule has 1 fully saturated rings. The molecule has 1 saturated heterocycles. The average Bonchev–Trinajstić information content (AvgIpc) is 3.24. The molecule has 3 heterocycles. The molecule has 2 N–H and O–H groups in total. The van der Waals surface area contributed by atoms with E-state index in [0.717, 1.165) is 29.7 Å². The Hall–Kier alpha value is -3.48. The predicted octanol–water partition coefficient (Wildman–Crippen LogP) is 3.27. The summed E-state index contributed by atoms with van der Waals surface area (Å²) < 4.78 is 0. The van der Waals surface area contributed by atoms with Gasteiger partial charge in [-0.1, -0.05) is 12.1 Å². The van der Waals surface area contributed by atoms with Crippen molar-refractivity contribution < 1.29 is 9.59 Å². The molecule has 0 radical (unpaired) electrons. The topological polar surface area (TPSA) is 91.0 Å². The summed E-state index contributed by atoms with van der Waals surface area (Å²) in [6.07, 6.45) is 4.94. The highest BCUT2D eigenvalue weighted by Gasteiger charge is 2.29. The number of nitrogens with zero attached hydrogens (tertiary/aromatic N) is 3. The fourth-order valence-electron chi connectivity index (χ4n) is 3.61. The Labute approximate surface area is 169 Å². The van der Waals surface area contributed by atoms with Gasteiger partial charge >= 0.3 is 0 Å². The number of likely N-dealkylation sites (tertiary alicyclic amines) is 1. The average molecular weight is 389 g/mol. The Morgan fingerprint density at radius 3 is 2.79 bits per heavy atom. The van der Waals surface area contributed by atoms with Crippen molar-refractivity contribution in [3.05, 3.63) is 66.1 Å². The number of H-pyrrole nitrogens is 1. The summed E-state index contributed by atoms with van der Waals surface area (Å²) in [4.78, 5) is 31.3. The van der Waals surface area contributed by atoms with E-state index in [1.165, 1.54) is 0 Å². The maximum Gasteiger partial charge on any atom is 0.271 e. The van der Waals surface area contributed by atoms with Crippen LogP contribution < -0.4 is 5.32 Å². The summed E-state index contributed by atoms with van der Waals surface area (Å²) in [6, 6.07) is 13.2. The van der Waals surface area contributed by atoms with E-state index in [-0.39, 0.29) is 17.7 Å². The number of benzene rings is 1. The van der Waals surface area contributed by atoms with Crippen molar-refractivity contribution in [3.8, 4) is 11.3 Å². The highest BCUT2D eigenvalue weighted by molar-refractivity contribution is 5.95. The van der Waals surface area contributed by atoms with Gasteiger partial charge in [-0.15, -0.1) is 0 Å². The van der Waals surface area contributed by atoms with Crippen molar-refractivity contribution in [3.63, 3.8) is 0 Å². The van der Waals surface area contributed by atoms with E-state index in [4.69, 9.17) is 0 Å². The van der Waals surface area contributed by atoms with Crippen LogP contribution in [-0.4, -0.2) is 45.0 Å². The first-order valence-corrected chi connectivity index (χ1v) is 9.73. The van der Waals surface area contributed by atoms with Gasteiger partial charge in [-0.2, -0.15) is 5.10 Å². The number of aromatic amines is 1. The van der Waals surface area contributed by atoms with Gasteiger partial charge in [0.2, 0.25) is 5.91 Å². The number of amides is 2. The van der Waals surface area contributed by atoms with E-state index >= 15 is 0 Å². The number of hydrogen-bond acceptors (Lipinski definition) is 4. The van der Waals surface area contributed by atoms with Crippen LogP contribution in [0, 0.1) is 12.8 Å². The first kappa shape index (κ1) is 18.9. The lowest BCUT2D eigenvalue weighted by atomic mass is 9.96. The van der Waals surface area contributed by atoms with E-state index in [1.807, 2.05) is 43.3 Å². The van der Waals surface area contributed by atoms with Crippen LogP contribution in [0.4, 0.5) is 5.69 Å². The van der Waals surface area contributed by atoms with Gasteiger partial charge in [0.05, 0.1) is 11.6 Å². The highest BCUT2D eigenvalue weighted by atomic mass is 16.2. The van der Waals surface area contributed by atoms with Crippen molar-refractivity contribution in [1.29, 1.82) is 0 Å². The Morgan fingerprint density at radius 2 is 2.00 bits per heavy atom. The maximum atomic E-state index is 12.9. The molecule has 0 saturated carbocycles. The molecule has 148 valence electrons. The van der Waals surface area contributed by atoms with Crippen LogP contribution in [0.3, 0.4) is 0 Å². The molecule has 2 aromatic heterocycles. The SMILES string of the molecule is Cc1cccc(NC(=O)[C@H]2CCCN(C(=O)c3cc(-c4ccncc4)n[nH]3)C2)c1. The molecule has 7 heteroatoms. The summed E-state index contributed by atoms with van der Waals surface area (Å²) >= 11 is 0. The number of aromatic nitrogens is 3. The van der Waals surface area contributed by atoms with E-state index in [0.29, 0.717) is 24.5 Å². The van der Waals surface area contributed by atoms with Crippen molar-refractivity contribution in [2.75, 3.05) is 18.4 Å². The molecule has 1 aromatic carbocycles. The molecular weight excluding hydrogens is 366 g/mol. The lowest BCUT2D eigenvalue weighted by Crippen LogP contribution is -2.43. The smallest absolute Gasteiger partial charge is 0.271 e. The molecule has 1 aliphatic heterocycles. The van der Waals surface area contributed by atoms with Gasteiger partial charge in [0.25, 0.3) is 5.91 Å². The molecule has 0 aliphatic carbocycles. The molecule has 0 unspecified atom stereocenters. The van der Waals surface area contributed by atoms with Crippen molar-refractivity contribution in [2.45, 2.75) is 19.8 Å². The molecular formula is C22H23N5O2. The largest absolute Gasteiger partial charge is 0.337 e. The monoisotopic (exact) mass is 389 g/mol. The number of carbonyl (C=O) groups excluding carboxylic acids is 2. The fraction of sp³-hybridized carbons (Fsp3) is 0.273. The third-order valence-electron chi connectivity index (χ3n) is 5.15. The highest BCUT2D eigenvalue weighted by Crippen LogP contribution is 2.22. The fourth-order valence-corrected chi connectivity index (χ4v) is 3.61. The van der Waals surface area contributed by atoms with Crippen molar-refractivity contribution >= 4 is 17.5 Å². The molecule has 0 spiro atoms. The number of pyridine rings is 1. The molecule has 3 aromatic rings. The molecule has 1 aliphatic rings. The minimum Gasteiger partial charge on any atom is -0.337 e. The normalized spacial score (nSPS) is 16.4. The number of aryl methyl sites for hydroxylation is 1. The molecule has 1 atom stereocenters. The van der Waals surface area contributed by atoms with Crippen LogP contribution in [0.25, 0.3) is 11.3 Å². The summed E-state index contributed by atoms with van der Waals surface area (Å²) in [5, 5.41) is 10.0. The second kappa shape index (κ2) is 8.26. The summed E-state index contributed by atoms with van der Waals surface area (Å²) in [6.45, 7) is 3.03. The van der Waals surface area contributed by atoms with Crippen LogP contribution in [0.5, 0.6) is 0 Å². The third-order valence-corrected chi connectivity index (χ3v) is 5.15. The van der Waals surface area contributed by atoms with Gasteiger partial charge in [-0.25, -0.2) is 0 Å². The van der Waals surface area contributed by atoms with E-state index in [2.05, 4.69) is 20.5 Å². The zero-order valence-corrected chi connectivity index (χ0v) is 16.3. The van der Waals surface area contributed by atoms with Gasteiger partial charge in [0.1, 0.15) is 5.69 Å². The number of piperidine rings is 1. The first-order chi connectivity index (χ1) is 14.1. The number of anilines is 1. The molecule has 4 rings (SSSR count). The third kappa shape index (κ3) is 4.34. The van der Waals surface area contributed by atoms with E-state index in [9.17, 15) is 9.59 Å². The number of hydrogen-bond donors (Lipinski definition) is 2. The standard InChI is InChI=1S/C22H23N5O2/c1-15-4-2-6-18(12-15)24-21(28)17-5-3-11-27(14-17)22(29)20-13-19(25-26-20)16-7-9-23-10-8-16/h2,4,6-10,12-13,17H,3,5,11,14H2,1H3,(H,24,28)(H,25,26)/t17-/m0/s1. The maximum absolute atomic E-state index is 12.9. The second-order valence-electron chi connectivity index (χ2n) is 7.35. The lowest BCUT2D eigenvalue weighted by molar-refractivity contribution is -0.121. The van der Waals surface area contributed by atoms with Gasteiger partial charge in [-0.3, -0.25) is 19.7 Å². The Kier molecular flexibility index (Phi) is 5.37. The number of nitrogens with one attached hydrogen (secondary N) is 2. The summed E-state index contributed by atoms with van der Waals surface area (Å²) in [5.41, 5.74) is 3.89. The minimum atomic E-state index is -0.226. The molecule has 2 amide bonds. The number of carbonyl (C=O) groups is 2. The summed E-state index contributed by atoms with van der Waals surface area (Å²) in [7, 11) is 0. The van der Waals surface area contributed by atoms with Gasteiger partial charge in [-0.05, 0) is 55.7 Å². The van der Waals surface area contributed by atoms with Crippen LogP contribution in [-0.2, 0) is 4.79 Å². The second-order valence-corrected chi connectivity index (χ2v) is 7.35. The molecule has 7 nitrogen and oxygen atoms in total. The van der Waals surface area contributed by atoms with Gasteiger partial charge in [0.15, 0.2) is 0 Å². The summed E-state index contributed by atoms with van der Waals surface area (Å²) in [5.74, 6) is -0.406. The first-order valence-electron chi connectivity index (χ1n) is 9.73. The molecule has 29 heavy (non-hydrogen) atoms. The zero-order valence-electron chi connectivity index (χ0n) is 16.3. The van der Waals surface area contributed by atoms with Crippen LogP contribution in [0.1, 0.15) is 28.9 Å². The van der Waals surface area contributed by atoms with Crippen LogP contribution in [0.15, 0.2) is 54.9 Å². The van der Waals surface area contributed by atoms with Gasteiger partial charge < -0.3 is 10.2 Å². The Morgan fingerprint density at radius 1 is 1.17 bits per heavy atom. The van der Waals surface area contributed by atoms with Crippen LogP contribution >= 0.6 is 0 Å². The molecule has 0 bridgehead atoms. The van der Waals surface area contributed by atoms with Crippen molar-refractivity contribution in [1.82, 2.24) is 20.1 Å². The van der Waals surface area contributed by atoms with E-state index in [1.54, 1.807) is 23.4 Å². The van der Waals surface area contributed by atoms with E-state index < -0.39 is 0 Å². The van der Waals surface area contributed by atoms with Crippen LogP contribution in [0.2, 0.25) is 0 Å².